The molecule has 0 aliphatic carbocycles. The fourth-order valence-electron chi connectivity index (χ4n) is 3.23. The van der Waals surface area contributed by atoms with Crippen molar-refractivity contribution in [2.75, 3.05) is 0 Å². The Morgan fingerprint density at radius 2 is 0.500 bits per heavy atom. The number of benzene rings is 4. The van der Waals surface area contributed by atoms with E-state index in [-0.39, 0.29) is 0 Å². The molecule has 136 valence electrons. The smallest absolute Gasteiger partial charge is 0.186 e. The third kappa shape index (κ3) is 2.91. The second-order valence-electron chi connectivity index (χ2n) is 6.32. The van der Waals surface area contributed by atoms with E-state index in [9.17, 15) is 0 Å². The molecule has 0 saturated heterocycles. The summed E-state index contributed by atoms with van der Waals surface area (Å²) in [5.74, 6) is 2.34. The summed E-state index contributed by atoms with van der Waals surface area (Å²) in [7, 11) is 0. The second kappa shape index (κ2) is 7.00. The summed E-state index contributed by atoms with van der Waals surface area (Å²) in [6.07, 6.45) is 0. The molecule has 28 heavy (non-hydrogen) atoms. The third-order valence-electron chi connectivity index (χ3n) is 4.57. The Balaban J connectivity index is 1.70. The lowest BCUT2D eigenvalue weighted by Gasteiger charge is -2.18. The van der Waals surface area contributed by atoms with Crippen LogP contribution in [0.1, 0.15) is 0 Å². The molecule has 1 heterocycles. The van der Waals surface area contributed by atoms with Gasteiger partial charge in [-0.05, 0) is 24.3 Å². The maximum atomic E-state index is 5.76. The van der Waals surface area contributed by atoms with E-state index in [1.165, 1.54) is 0 Å². The van der Waals surface area contributed by atoms with E-state index in [1.807, 2.05) is 97.1 Å². The summed E-state index contributed by atoms with van der Waals surface area (Å²) < 4.78 is 0. The zero-order valence-electron chi connectivity index (χ0n) is 14.9. The maximum absolute atomic E-state index is 5.76. The van der Waals surface area contributed by atoms with Crippen LogP contribution in [0.4, 0.5) is 0 Å². The van der Waals surface area contributed by atoms with Crippen LogP contribution in [0, 0.1) is 0 Å². The van der Waals surface area contributed by atoms with Crippen molar-refractivity contribution in [1.82, 2.24) is 0 Å². The van der Waals surface area contributed by atoms with Crippen molar-refractivity contribution < 1.29 is 19.6 Å². The average molecular weight is 368 g/mol. The van der Waals surface area contributed by atoms with Crippen LogP contribution in [0.3, 0.4) is 0 Å². The minimum atomic E-state index is 0.585. The maximum Gasteiger partial charge on any atom is 0.186 e. The summed E-state index contributed by atoms with van der Waals surface area (Å²) in [6.45, 7) is 0. The quantitative estimate of drug-likeness (QED) is 0.353. The molecule has 0 radical (unpaired) electrons. The van der Waals surface area contributed by atoms with Crippen LogP contribution < -0.4 is 19.6 Å². The van der Waals surface area contributed by atoms with Crippen LogP contribution in [-0.4, -0.2) is 0 Å². The standard InChI is InChI=1S/C24H16O4/c1-5-13-21-17(9-1)18-10-2-6-14-22(18)26-28-24-16-8-4-12-20(24)19-11-3-7-15-23(19)27-25-21/h1-16H. The Kier molecular flexibility index (Phi) is 4.07. The highest BCUT2D eigenvalue weighted by Crippen LogP contribution is 2.40. The number of hydrogen-bond acceptors (Lipinski definition) is 4. The number of hydrogen-bond donors (Lipinski definition) is 0. The highest BCUT2D eigenvalue weighted by atomic mass is 17.2. The fraction of sp³-hybridized carbons (Fsp3) is 0. The summed E-state index contributed by atoms with van der Waals surface area (Å²) in [5, 5.41) is 0. The molecular weight excluding hydrogens is 352 g/mol. The summed E-state index contributed by atoms with van der Waals surface area (Å²) in [4.78, 5) is 23.0. The van der Waals surface area contributed by atoms with E-state index < -0.39 is 0 Å². The molecule has 0 fully saturated rings. The first-order valence-corrected chi connectivity index (χ1v) is 8.96. The van der Waals surface area contributed by atoms with E-state index in [2.05, 4.69) is 0 Å². The minimum Gasteiger partial charge on any atom is -0.289 e. The topological polar surface area (TPSA) is 36.9 Å². The highest BCUT2D eigenvalue weighted by Gasteiger charge is 2.18. The van der Waals surface area contributed by atoms with E-state index >= 15 is 0 Å². The summed E-state index contributed by atoms with van der Waals surface area (Å²) >= 11 is 0. The molecule has 1 aliphatic rings. The SMILES string of the molecule is c1ccc2c(c1)OOc1ccccc1-c1ccccc1OOc1ccccc1-2. The van der Waals surface area contributed by atoms with Gasteiger partial charge < -0.3 is 0 Å². The van der Waals surface area contributed by atoms with Crippen LogP contribution in [0.5, 0.6) is 23.0 Å². The van der Waals surface area contributed by atoms with Gasteiger partial charge >= 0.3 is 0 Å². The third-order valence-corrected chi connectivity index (χ3v) is 4.57. The van der Waals surface area contributed by atoms with Gasteiger partial charge in [-0.15, -0.1) is 0 Å². The van der Waals surface area contributed by atoms with Crippen molar-refractivity contribution in [2.45, 2.75) is 0 Å². The van der Waals surface area contributed by atoms with Gasteiger partial charge in [-0.1, -0.05) is 72.8 Å². The lowest BCUT2D eigenvalue weighted by Crippen LogP contribution is -2.07. The molecule has 0 spiro atoms. The molecule has 4 aromatic rings. The van der Waals surface area contributed by atoms with Crippen LogP contribution >= 0.6 is 0 Å². The largest absolute Gasteiger partial charge is 0.289 e. The number of para-hydroxylation sites is 4. The molecule has 0 N–H and O–H groups in total. The Morgan fingerprint density at radius 1 is 0.286 bits per heavy atom. The molecule has 0 aromatic heterocycles. The van der Waals surface area contributed by atoms with Crippen molar-refractivity contribution in [3.05, 3.63) is 97.1 Å². The second-order valence-corrected chi connectivity index (χ2v) is 6.32. The Bertz CT molecular complexity index is 955. The Labute approximate surface area is 162 Å². The van der Waals surface area contributed by atoms with Crippen molar-refractivity contribution in [1.29, 1.82) is 0 Å². The molecule has 0 amide bonds. The molecule has 5 rings (SSSR count). The van der Waals surface area contributed by atoms with Crippen LogP contribution in [-0.2, 0) is 0 Å². The predicted octanol–water partition coefficient (Wildman–Crippen LogP) is 6.08. The molecule has 0 saturated carbocycles. The average Bonchev–Trinajstić information content (AvgIpc) is 2.76. The zero-order valence-corrected chi connectivity index (χ0v) is 14.9. The molecule has 0 unspecified atom stereocenters. The van der Waals surface area contributed by atoms with Gasteiger partial charge in [-0.25, -0.2) is 0 Å². The van der Waals surface area contributed by atoms with E-state index in [0.717, 1.165) is 22.3 Å². The van der Waals surface area contributed by atoms with Crippen molar-refractivity contribution in [2.24, 2.45) is 0 Å². The van der Waals surface area contributed by atoms with Gasteiger partial charge in [-0.2, -0.15) is 0 Å². The van der Waals surface area contributed by atoms with Gasteiger partial charge in [0.15, 0.2) is 23.0 Å². The fourth-order valence-corrected chi connectivity index (χ4v) is 3.23. The lowest BCUT2D eigenvalue weighted by atomic mass is 10.0. The van der Waals surface area contributed by atoms with Gasteiger partial charge in [0.05, 0.1) is 0 Å². The first kappa shape index (κ1) is 16.3. The normalized spacial score (nSPS) is 12.0. The van der Waals surface area contributed by atoms with E-state index in [0.29, 0.717) is 23.0 Å². The van der Waals surface area contributed by atoms with Crippen molar-refractivity contribution >= 4 is 0 Å². The van der Waals surface area contributed by atoms with Gasteiger partial charge in [0.2, 0.25) is 0 Å². The first-order chi connectivity index (χ1) is 13.9. The summed E-state index contributed by atoms with van der Waals surface area (Å²) in [5.41, 5.74) is 3.36. The number of rotatable bonds is 0. The van der Waals surface area contributed by atoms with Crippen LogP contribution in [0.25, 0.3) is 22.3 Å². The van der Waals surface area contributed by atoms with Crippen LogP contribution in [0.15, 0.2) is 97.1 Å². The molecule has 4 heteroatoms. The van der Waals surface area contributed by atoms with E-state index in [4.69, 9.17) is 19.6 Å². The molecule has 0 bridgehead atoms. The zero-order chi connectivity index (χ0) is 18.8. The first-order valence-electron chi connectivity index (χ1n) is 8.96. The Morgan fingerprint density at radius 3 is 0.750 bits per heavy atom. The highest BCUT2D eigenvalue weighted by molar-refractivity contribution is 5.77. The van der Waals surface area contributed by atoms with Crippen LogP contribution in [0.2, 0.25) is 0 Å². The van der Waals surface area contributed by atoms with Crippen molar-refractivity contribution in [3.8, 4) is 45.3 Å². The molecule has 4 nitrogen and oxygen atoms in total. The van der Waals surface area contributed by atoms with E-state index in [1.54, 1.807) is 0 Å². The van der Waals surface area contributed by atoms with Gasteiger partial charge in [0.25, 0.3) is 0 Å². The monoisotopic (exact) mass is 368 g/mol. The molecule has 1 aliphatic heterocycles. The van der Waals surface area contributed by atoms with Gasteiger partial charge in [0, 0.05) is 22.3 Å². The minimum absolute atomic E-state index is 0.585. The number of fused-ring (bicyclic) bond motifs is 6. The summed E-state index contributed by atoms with van der Waals surface area (Å²) in [6, 6.07) is 30.6. The van der Waals surface area contributed by atoms with Gasteiger partial charge in [0.1, 0.15) is 0 Å². The molecule has 0 atom stereocenters. The lowest BCUT2D eigenvalue weighted by molar-refractivity contribution is -0.102. The molecule has 4 aromatic carbocycles. The predicted molar refractivity (Wildman–Crippen MR) is 106 cm³/mol. The molecular formula is C24H16O4. The van der Waals surface area contributed by atoms with Gasteiger partial charge in [-0.3, -0.25) is 19.6 Å². The Hall–Kier alpha value is -3.92. The van der Waals surface area contributed by atoms with Crippen molar-refractivity contribution in [3.63, 3.8) is 0 Å².